The number of rotatable bonds is 3. The molecule has 0 spiro atoms. The molecule has 0 aliphatic rings. The smallest absolute Gasteiger partial charge is 0.136 e. The fourth-order valence-corrected chi connectivity index (χ4v) is 2.05. The van der Waals surface area contributed by atoms with Crippen LogP contribution in [0.25, 0.3) is 0 Å². The van der Waals surface area contributed by atoms with E-state index in [1.54, 1.807) is 6.92 Å². The first kappa shape index (κ1) is 14.4. The van der Waals surface area contributed by atoms with Crippen LogP contribution in [0, 0.1) is 11.6 Å². The van der Waals surface area contributed by atoms with Crippen LogP contribution in [-0.4, -0.2) is 9.30 Å². The van der Waals surface area contributed by atoms with E-state index in [1.165, 1.54) is 0 Å². The molecule has 2 nitrogen and oxygen atoms in total. The fourth-order valence-electron chi connectivity index (χ4n) is 1.25. The highest BCUT2D eigenvalue weighted by Crippen LogP contribution is 2.22. The molecule has 0 amide bonds. The molecule has 0 fully saturated rings. The Balaban J connectivity index is 2.83. The van der Waals surface area contributed by atoms with Gasteiger partial charge < -0.3 is 4.55 Å². The Morgan fingerprint density at radius 1 is 1.29 bits per heavy atom. The van der Waals surface area contributed by atoms with Crippen molar-refractivity contribution in [1.82, 2.24) is 4.72 Å². The van der Waals surface area contributed by atoms with Crippen LogP contribution in [0.4, 0.5) is 8.78 Å². The van der Waals surface area contributed by atoms with Crippen molar-refractivity contribution in [3.63, 3.8) is 0 Å². The van der Waals surface area contributed by atoms with Crippen molar-refractivity contribution in [2.45, 2.75) is 38.5 Å². The van der Waals surface area contributed by atoms with E-state index in [-0.39, 0.29) is 5.56 Å². The Labute approximate surface area is 104 Å². The van der Waals surface area contributed by atoms with Gasteiger partial charge >= 0.3 is 0 Å². The van der Waals surface area contributed by atoms with Crippen molar-refractivity contribution in [1.29, 1.82) is 0 Å². The van der Waals surface area contributed by atoms with E-state index < -0.39 is 33.8 Å². The lowest BCUT2D eigenvalue weighted by Gasteiger charge is -2.26. The molecule has 0 radical (unpaired) electrons. The molecule has 0 saturated carbocycles. The molecule has 96 valence electrons. The number of hydrogen-bond acceptors (Lipinski definition) is 2. The first-order chi connectivity index (χ1) is 7.71. The first-order valence-corrected chi connectivity index (χ1v) is 6.50. The first-order valence-electron chi connectivity index (χ1n) is 5.35. The Hall–Kier alpha value is -0.650. The molecule has 0 aliphatic heterocycles. The van der Waals surface area contributed by atoms with Gasteiger partial charge in [-0.25, -0.2) is 8.78 Å². The lowest BCUT2D eigenvalue weighted by atomic mass is 10.1. The van der Waals surface area contributed by atoms with E-state index in [4.69, 9.17) is 0 Å². The second kappa shape index (κ2) is 5.33. The zero-order chi connectivity index (χ0) is 13.2. The molecule has 0 aliphatic carbocycles. The molecule has 5 heteroatoms. The molecule has 1 aromatic rings. The SMILES string of the molecule is C[C@H](N[S@+]([O-])C(C)(C)C)c1cc(F)ccc1F. The van der Waals surface area contributed by atoms with Gasteiger partial charge in [-0.1, -0.05) is 0 Å². The van der Waals surface area contributed by atoms with Gasteiger partial charge in [0, 0.05) is 16.9 Å². The lowest BCUT2D eigenvalue weighted by Crippen LogP contribution is -2.40. The highest BCUT2D eigenvalue weighted by molar-refractivity contribution is 7.90. The fraction of sp³-hybridized carbons (Fsp3) is 0.500. The topological polar surface area (TPSA) is 35.1 Å². The number of halogens is 2. The molecular formula is C12H17F2NOS. The van der Waals surface area contributed by atoms with Crippen molar-refractivity contribution in [3.8, 4) is 0 Å². The molecule has 0 unspecified atom stereocenters. The molecule has 17 heavy (non-hydrogen) atoms. The van der Waals surface area contributed by atoms with Gasteiger partial charge in [-0.15, -0.1) is 4.72 Å². The van der Waals surface area contributed by atoms with E-state index >= 15 is 0 Å². The summed E-state index contributed by atoms with van der Waals surface area (Å²) in [5, 5.41) is 0. The predicted molar refractivity (Wildman–Crippen MR) is 65.8 cm³/mol. The van der Waals surface area contributed by atoms with Crippen LogP contribution in [0.3, 0.4) is 0 Å². The quantitative estimate of drug-likeness (QED) is 0.849. The standard InChI is InChI=1S/C12H17F2NOS/c1-8(15-17(16)12(2,3)4)10-7-9(13)5-6-11(10)14/h5-8,15H,1-4H3/t8-,17+/m0/s1. The van der Waals surface area contributed by atoms with Crippen molar-refractivity contribution >= 4 is 11.4 Å². The summed E-state index contributed by atoms with van der Waals surface area (Å²) in [6.45, 7) is 7.09. The molecule has 1 aromatic carbocycles. The van der Waals surface area contributed by atoms with Gasteiger partial charge in [-0.05, 0) is 45.9 Å². The number of benzene rings is 1. The summed E-state index contributed by atoms with van der Waals surface area (Å²) in [6, 6.07) is 2.74. The van der Waals surface area contributed by atoms with Gasteiger partial charge in [0.25, 0.3) is 0 Å². The van der Waals surface area contributed by atoms with E-state index in [0.717, 1.165) is 18.2 Å². The van der Waals surface area contributed by atoms with Gasteiger partial charge in [-0.3, -0.25) is 0 Å². The summed E-state index contributed by atoms with van der Waals surface area (Å²) in [6.07, 6.45) is 0. The summed E-state index contributed by atoms with van der Waals surface area (Å²) in [5.41, 5.74) is 0.183. The summed E-state index contributed by atoms with van der Waals surface area (Å²) in [5.74, 6) is -1.01. The second-order valence-electron chi connectivity index (χ2n) is 4.89. The zero-order valence-corrected chi connectivity index (χ0v) is 11.2. The van der Waals surface area contributed by atoms with E-state index in [2.05, 4.69) is 4.72 Å². The predicted octanol–water partition coefficient (Wildman–Crippen LogP) is 3.08. The third-order valence-electron chi connectivity index (χ3n) is 2.26. The van der Waals surface area contributed by atoms with Crippen molar-refractivity contribution in [2.75, 3.05) is 0 Å². The monoisotopic (exact) mass is 261 g/mol. The summed E-state index contributed by atoms with van der Waals surface area (Å²) in [7, 11) is 0. The maximum absolute atomic E-state index is 13.5. The third kappa shape index (κ3) is 3.94. The van der Waals surface area contributed by atoms with Crippen molar-refractivity contribution in [2.24, 2.45) is 0 Å². The minimum absolute atomic E-state index is 0.183. The van der Waals surface area contributed by atoms with Gasteiger partial charge in [0.15, 0.2) is 0 Å². The summed E-state index contributed by atoms with van der Waals surface area (Å²) >= 11 is -1.32. The molecule has 1 N–H and O–H groups in total. The second-order valence-corrected chi connectivity index (χ2v) is 6.88. The Kier molecular flexibility index (Phi) is 4.52. The molecule has 1 rings (SSSR count). The maximum Gasteiger partial charge on any atom is 0.136 e. The average molecular weight is 261 g/mol. The highest BCUT2D eigenvalue weighted by atomic mass is 32.2. The zero-order valence-electron chi connectivity index (χ0n) is 10.4. The summed E-state index contributed by atoms with van der Waals surface area (Å²) < 4.78 is 40.6. The van der Waals surface area contributed by atoms with Gasteiger partial charge in [0.1, 0.15) is 16.4 Å². The van der Waals surface area contributed by atoms with Crippen LogP contribution in [0.1, 0.15) is 39.3 Å². The van der Waals surface area contributed by atoms with E-state index in [9.17, 15) is 13.3 Å². The molecular weight excluding hydrogens is 244 g/mol. The van der Waals surface area contributed by atoms with Gasteiger partial charge in [-0.2, -0.15) is 0 Å². The average Bonchev–Trinajstić information content (AvgIpc) is 2.20. The van der Waals surface area contributed by atoms with Crippen LogP contribution in [-0.2, 0) is 11.4 Å². The van der Waals surface area contributed by atoms with Crippen LogP contribution in [0.5, 0.6) is 0 Å². The Morgan fingerprint density at radius 2 is 1.88 bits per heavy atom. The maximum atomic E-state index is 13.5. The lowest BCUT2D eigenvalue weighted by molar-refractivity contribution is 0.519. The molecule has 2 atom stereocenters. The minimum Gasteiger partial charge on any atom is -0.598 e. The molecule has 0 aromatic heterocycles. The van der Waals surface area contributed by atoms with Gasteiger partial charge in [0.2, 0.25) is 0 Å². The Bertz CT molecular complexity index is 393. The van der Waals surface area contributed by atoms with Crippen LogP contribution in [0.15, 0.2) is 18.2 Å². The van der Waals surface area contributed by atoms with E-state index in [1.807, 2.05) is 20.8 Å². The Morgan fingerprint density at radius 3 is 2.41 bits per heavy atom. The molecule has 0 saturated heterocycles. The third-order valence-corrected chi connectivity index (χ3v) is 3.94. The number of hydrogen-bond donors (Lipinski definition) is 1. The normalized spacial score (nSPS) is 15.7. The summed E-state index contributed by atoms with van der Waals surface area (Å²) in [4.78, 5) is 0. The molecule has 0 bridgehead atoms. The van der Waals surface area contributed by atoms with Gasteiger partial charge in [0.05, 0.1) is 6.04 Å². The van der Waals surface area contributed by atoms with Crippen LogP contribution >= 0.6 is 0 Å². The number of nitrogens with one attached hydrogen (secondary N) is 1. The van der Waals surface area contributed by atoms with E-state index in [0.29, 0.717) is 0 Å². The van der Waals surface area contributed by atoms with Crippen molar-refractivity contribution in [3.05, 3.63) is 35.4 Å². The van der Waals surface area contributed by atoms with Crippen molar-refractivity contribution < 1.29 is 13.3 Å². The van der Waals surface area contributed by atoms with Crippen LogP contribution in [0.2, 0.25) is 0 Å². The minimum atomic E-state index is -1.32. The van der Waals surface area contributed by atoms with Crippen LogP contribution < -0.4 is 4.72 Å². The largest absolute Gasteiger partial charge is 0.598 e. The highest BCUT2D eigenvalue weighted by Gasteiger charge is 2.29. The molecule has 0 heterocycles.